The Morgan fingerprint density at radius 1 is 1.25 bits per heavy atom. The second-order valence-corrected chi connectivity index (χ2v) is 6.86. The summed E-state index contributed by atoms with van der Waals surface area (Å²) in [6, 6.07) is 0. The fourth-order valence-corrected chi connectivity index (χ4v) is 3.22. The number of carbonyl (C=O) groups is 1. The maximum atomic E-state index is 12.5. The Labute approximate surface area is 162 Å². The number of hydrogen-bond acceptors (Lipinski definition) is 6. The lowest BCUT2D eigenvalue weighted by atomic mass is 9.95. The second-order valence-electron chi connectivity index (χ2n) is 6.86. The molecule has 1 saturated heterocycles. The van der Waals surface area contributed by atoms with Crippen molar-refractivity contribution in [3.63, 3.8) is 0 Å². The second kappa shape index (κ2) is 11.4. The summed E-state index contributed by atoms with van der Waals surface area (Å²) in [4.78, 5) is 12.8. The van der Waals surface area contributed by atoms with E-state index in [0.29, 0.717) is 51.6 Å². The number of ether oxygens (including phenoxy) is 3. The van der Waals surface area contributed by atoms with Crippen LogP contribution < -0.4 is 0 Å². The van der Waals surface area contributed by atoms with Crippen molar-refractivity contribution in [2.24, 2.45) is 5.92 Å². The Bertz CT molecular complexity index is 595. The number of piperidine rings is 1. The minimum Gasteiger partial charge on any atom is -0.465 e. The van der Waals surface area contributed by atoms with E-state index in [9.17, 15) is 18.0 Å². The molecule has 1 atom stereocenters. The van der Waals surface area contributed by atoms with Crippen molar-refractivity contribution in [3.8, 4) is 0 Å². The first kappa shape index (κ1) is 22.6. The van der Waals surface area contributed by atoms with Crippen molar-refractivity contribution >= 4 is 5.97 Å². The molecule has 0 aliphatic carbocycles. The molecule has 7 nitrogen and oxygen atoms in total. The van der Waals surface area contributed by atoms with E-state index in [-0.39, 0.29) is 5.92 Å². The van der Waals surface area contributed by atoms with Crippen LogP contribution >= 0.6 is 0 Å². The van der Waals surface area contributed by atoms with Gasteiger partial charge in [0.15, 0.2) is 0 Å². The molecule has 0 saturated carbocycles. The lowest BCUT2D eigenvalue weighted by Gasteiger charge is -2.33. The Balaban J connectivity index is 1.48. The predicted molar refractivity (Wildman–Crippen MR) is 95.0 cm³/mol. The predicted octanol–water partition coefficient (Wildman–Crippen LogP) is 2.37. The minimum absolute atomic E-state index is 0.251. The third-order valence-electron chi connectivity index (χ3n) is 4.57. The average Bonchev–Trinajstić information content (AvgIpc) is 3.11. The standard InChI is InChI=1S/C18H28F3N3O4/c1-26-17(25)16-11-22-24(13-16)6-8-28-10-9-27-7-4-15-3-2-5-23(12-15)14-18(19,20)21/h11,13,15H,2-10,12,14H2,1H3. The third kappa shape index (κ3) is 8.57. The molecule has 0 radical (unpaired) electrons. The van der Waals surface area contributed by atoms with Gasteiger partial charge in [-0.2, -0.15) is 18.3 Å². The first-order chi connectivity index (χ1) is 13.4. The topological polar surface area (TPSA) is 65.8 Å². The first-order valence-corrected chi connectivity index (χ1v) is 9.43. The van der Waals surface area contributed by atoms with Gasteiger partial charge in [-0.05, 0) is 31.7 Å². The Morgan fingerprint density at radius 2 is 2.00 bits per heavy atom. The Kier molecular flexibility index (Phi) is 9.20. The summed E-state index contributed by atoms with van der Waals surface area (Å²) >= 11 is 0. The number of rotatable bonds is 11. The third-order valence-corrected chi connectivity index (χ3v) is 4.57. The zero-order valence-electron chi connectivity index (χ0n) is 16.1. The van der Waals surface area contributed by atoms with Crippen LogP contribution in [0.4, 0.5) is 13.2 Å². The number of esters is 1. The molecule has 1 aliphatic rings. The highest BCUT2D eigenvalue weighted by Crippen LogP contribution is 2.23. The highest BCUT2D eigenvalue weighted by Gasteiger charge is 2.32. The zero-order valence-corrected chi connectivity index (χ0v) is 16.1. The average molecular weight is 407 g/mol. The van der Waals surface area contributed by atoms with E-state index in [0.717, 1.165) is 19.3 Å². The molecule has 1 unspecified atom stereocenters. The molecule has 0 spiro atoms. The number of hydrogen-bond donors (Lipinski definition) is 0. The van der Waals surface area contributed by atoms with Gasteiger partial charge >= 0.3 is 12.1 Å². The fraction of sp³-hybridized carbons (Fsp3) is 0.778. The van der Waals surface area contributed by atoms with Crippen LogP contribution in [0, 0.1) is 5.92 Å². The summed E-state index contributed by atoms with van der Waals surface area (Å²) in [7, 11) is 1.32. The largest absolute Gasteiger partial charge is 0.465 e. The van der Waals surface area contributed by atoms with Crippen molar-refractivity contribution in [2.45, 2.75) is 32.0 Å². The quantitative estimate of drug-likeness (QED) is 0.415. The molecule has 1 fully saturated rings. The van der Waals surface area contributed by atoms with Crippen molar-refractivity contribution < 1.29 is 32.2 Å². The van der Waals surface area contributed by atoms with E-state index in [1.165, 1.54) is 18.2 Å². The van der Waals surface area contributed by atoms with Crippen LogP contribution in [-0.4, -0.2) is 80.0 Å². The molecule has 2 heterocycles. The van der Waals surface area contributed by atoms with E-state index < -0.39 is 18.7 Å². The van der Waals surface area contributed by atoms with Crippen LogP contribution in [0.25, 0.3) is 0 Å². The smallest absolute Gasteiger partial charge is 0.401 e. The summed E-state index contributed by atoms with van der Waals surface area (Å²) in [5.74, 6) is -0.180. The maximum Gasteiger partial charge on any atom is 0.401 e. The highest BCUT2D eigenvalue weighted by molar-refractivity contribution is 5.88. The van der Waals surface area contributed by atoms with E-state index >= 15 is 0 Å². The summed E-state index contributed by atoms with van der Waals surface area (Å²) in [5.41, 5.74) is 0.391. The number of nitrogens with zero attached hydrogens (tertiary/aromatic N) is 3. The first-order valence-electron chi connectivity index (χ1n) is 9.43. The zero-order chi connectivity index (χ0) is 20.4. The lowest BCUT2D eigenvalue weighted by molar-refractivity contribution is -0.149. The molecular weight excluding hydrogens is 379 g/mol. The van der Waals surface area contributed by atoms with Gasteiger partial charge in [0.05, 0.1) is 51.8 Å². The Morgan fingerprint density at radius 3 is 2.71 bits per heavy atom. The number of likely N-dealkylation sites (tertiary alicyclic amines) is 1. The van der Waals surface area contributed by atoms with Gasteiger partial charge in [0.2, 0.25) is 0 Å². The van der Waals surface area contributed by atoms with Gasteiger partial charge in [-0.3, -0.25) is 9.58 Å². The van der Waals surface area contributed by atoms with Crippen LogP contribution in [0.1, 0.15) is 29.6 Å². The lowest BCUT2D eigenvalue weighted by Crippen LogP contribution is -2.41. The van der Waals surface area contributed by atoms with Crippen LogP contribution in [0.5, 0.6) is 0 Å². The van der Waals surface area contributed by atoms with Gasteiger partial charge < -0.3 is 14.2 Å². The van der Waals surface area contributed by atoms with Crippen molar-refractivity contribution in [2.75, 3.05) is 53.2 Å². The van der Waals surface area contributed by atoms with Crippen molar-refractivity contribution in [1.82, 2.24) is 14.7 Å². The van der Waals surface area contributed by atoms with Gasteiger partial charge in [-0.25, -0.2) is 4.79 Å². The number of halogens is 3. The summed E-state index contributed by atoms with van der Waals surface area (Å²) in [5, 5.41) is 4.04. The Hall–Kier alpha value is -1.65. The molecule has 2 rings (SSSR count). The molecule has 0 bridgehead atoms. The molecular formula is C18H28F3N3O4. The molecule has 1 aromatic rings. The van der Waals surface area contributed by atoms with Gasteiger partial charge in [-0.15, -0.1) is 0 Å². The molecule has 0 amide bonds. The van der Waals surface area contributed by atoms with Crippen LogP contribution in [0.3, 0.4) is 0 Å². The molecule has 28 heavy (non-hydrogen) atoms. The van der Waals surface area contributed by atoms with Crippen LogP contribution in [0.2, 0.25) is 0 Å². The SMILES string of the molecule is COC(=O)c1cnn(CCOCCOCCC2CCCN(CC(F)(F)F)C2)c1. The highest BCUT2D eigenvalue weighted by atomic mass is 19.4. The van der Waals surface area contributed by atoms with Crippen molar-refractivity contribution in [3.05, 3.63) is 18.0 Å². The van der Waals surface area contributed by atoms with Gasteiger partial charge in [0, 0.05) is 19.3 Å². The number of carbonyl (C=O) groups excluding carboxylic acids is 1. The number of alkyl halides is 3. The molecule has 0 aromatic carbocycles. The molecule has 1 aromatic heterocycles. The van der Waals surface area contributed by atoms with E-state index in [2.05, 4.69) is 9.84 Å². The van der Waals surface area contributed by atoms with Gasteiger partial charge in [-0.1, -0.05) is 0 Å². The number of methoxy groups -OCH3 is 1. The number of aromatic nitrogens is 2. The van der Waals surface area contributed by atoms with Gasteiger partial charge in [0.1, 0.15) is 0 Å². The molecule has 0 N–H and O–H groups in total. The summed E-state index contributed by atoms with van der Waals surface area (Å²) in [6.45, 7) is 2.50. The molecule has 1 aliphatic heterocycles. The van der Waals surface area contributed by atoms with Gasteiger partial charge in [0.25, 0.3) is 0 Å². The maximum absolute atomic E-state index is 12.5. The van der Waals surface area contributed by atoms with E-state index in [1.54, 1.807) is 10.9 Å². The monoisotopic (exact) mass is 407 g/mol. The van der Waals surface area contributed by atoms with E-state index in [1.807, 2.05) is 0 Å². The van der Waals surface area contributed by atoms with Crippen molar-refractivity contribution in [1.29, 1.82) is 0 Å². The van der Waals surface area contributed by atoms with Crippen LogP contribution in [0.15, 0.2) is 12.4 Å². The molecule has 10 heteroatoms. The summed E-state index contributed by atoms with van der Waals surface area (Å²) < 4.78 is 54.6. The normalized spacial score (nSPS) is 18.4. The van der Waals surface area contributed by atoms with Crippen LogP contribution in [-0.2, 0) is 20.8 Å². The van der Waals surface area contributed by atoms with E-state index in [4.69, 9.17) is 9.47 Å². The summed E-state index contributed by atoms with van der Waals surface area (Å²) in [6.07, 6.45) is 1.42. The molecule has 160 valence electrons. The minimum atomic E-state index is -4.13. The fourth-order valence-electron chi connectivity index (χ4n) is 3.22.